The van der Waals surface area contributed by atoms with Gasteiger partial charge in [-0.1, -0.05) is 18.2 Å². The SMILES string of the molecule is CC(C)(C)[S+]([O-])N[C@@](C)(CS)c1cc2c(cnn2-c2ccccc2)s1. The van der Waals surface area contributed by atoms with Gasteiger partial charge in [-0.15, -0.1) is 16.1 Å². The smallest absolute Gasteiger partial charge is 0.136 e. The molecule has 134 valence electrons. The molecular weight excluding hydrogens is 370 g/mol. The zero-order chi connectivity index (χ0) is 18.2. The number of hydrogen-bond acceptors (Lipinski definition) is 5. The molecule has 0 saturated carbocycles. The number of thiophene rings is 1. The van der Waals surface area contributed by atoms with Gasteiger partial charge in [0.15, 0.2) is 0 Å². The van der Waals surface area contributed by atoms with Crippen LogP contribution in [0.5, 0.6) is 0 Å². The first-order chi connectivity index (χ1) is 11.7. The van der Waals surface area contributed by atoms with E-state index < -0.39 is 16.9 Å². The van der Waals surface area contributed by atoms with Crippen molar-refractivity contribution in [2.24, 2.45) is 0 Å². The molecule has 4 nitrogen and oxygen atoms in total. The summed E-state index contributed by atoms with van der Waals surface area (Å²) in [5.74, 6) is 0.552. The third-order valence-corrected chi connectivity index (χ3v) is 7.70. The average molecular weight is 394 g/mol. The fourth-order valence-electron chi connectivity index (χ4n) is 2.39. The van der Waals surface area contributed by atoms with E-state index in [9.17, 15) is 4.55 Å². The molecule has 0 saturated heterocycles. The Morgan fingerprint density at radius 1 is 1.24 bits per heavy atom. The molecule has 2 atom stereocenters. The summed E-state index contributed by atoms with van der Waals surface area (Å²) in [5, 5.41) is 4.50. The number of fused-ring (bicyclic) bond motifs is 1. The van der Waals surface area contributed by atoms with Crippen LogP contribution in [-0.4, -0.2) is 24.8 Å². The van der Waals surface area contributed by atoms with Crippen molar-refractivity contribution in [3.05, 3.63) is 47.5 Å². The fraction of sp³-hybridized carbons (Fsp3) is 0.389. The first kappa shape index (κ1) is 18.8. The maximum Gasteiger partial charge on any atom is 0.136 e. The molecule has 3 rings (SSSR count). The molecule has 1 unspecified atom stereocenters. The van der Waals surface area contributed by atoms with Gasteiger partial charge in [-0.3, -0.25) is 0 Å². The van der Waals surface area contributed by atoms with E-state index in [1.54, 1.807) is 11.3 Å². The van der Waals surface area contributed by atoms with Gasteiger partial charge in [0.05, 0.1) is 22.1 Å². The standard InChI is InChI=1S/C18H23N3OS3/c1-17(2,3)25(22)20-18(4,12-23)16-10-14-15(24-16)11-19-21(14)13-8-6-5-7-9-13/h5-11,20,23H,12H2,1-4H3/t18-,25?/m0/s1. The molecular formula is C18H23N3OS3. The number of para-hydroxylation sites is 1. The Morgan fingerprint density at radius 3 is 2.52 bits per heavy atom. The Kier molecular flexibility index (Phi) is 5.23. The highest BCUT2D eigenvalue weighted by Crippen LogP contribution is 2.36. The predicted molar refractivity (Wildman–Crippen MR) is 111 cm³/mol. The Balaban J connectivity index is 1.99. The Morgan fingerprint density at radius 2 is 1.92 bits per heavy atom. The number of thiol groups is 1. The summed E-state index contributed by atoms with van der Waals surface area (Å²) in [6, 6.07) is 12.2. The summed E-state index contributed by atoms with van der Waals surface area (Å²) in [7, 11) is 0. The average Bonchev–Trinajstić information content (AvgIpc) is 3.15. The largest absolute Gasteiger partial charge is 0.598 e. The Bertz CT molecular complexity index is 853. The first-order valence-corrected chi connectivity index (χ1v) is 10.7. The van der Waals surface area contributed by atoms with Crippen molar-refractivity contribution in [2.45, 2.75) is 38.0 Å². The molecule has 0 spiro atoms. The van der Waals surface area contributed by atoms with E-state index in [0.29, 0.717) is 5.75 Å². The molecule has 0 fully saturated rings. The molecule has 0 aliphatic rings. The number of rotatable bonds is 5. The summed E-state index contributed by atoms with van der Waals surface area (Å²) < 4.78 is 18.6. The second-order valence-electron chi connectivity index (χ2n) is 7.23. The summed E-state index contributed by atoms with van der Waals surface area (Å²) >= 11 is 5.02. The Hall–Kier alpha value is -0.990. The van der Waals surface area contributed by atoms with E-state index >= 15 is 0 Å². The van der Waals surface area contributed by atoms with E-state index in [4.69, 9.17) is 0 Å². The van der Waals surface area contributed by atoms with Crippen molar-refractivity contribution in [3.8, 4) is 5.69 Å². The lowest BCUT2D eigenvalue weighted by Crippen LogP contribution is -2.50. The van der Waals surface area contributed by atoms with Gasteiger partial charge in [0.1, 0.15) is 10.3 Å². The van der Waals surface area contributed by atoms with E-state index in [-0.39, 0.29) is 4.75 Å². The minimum atomic E-state index is -1.17. The van der Waals surface area contributed by atoms with Gasteiger partial charge in [0.25, 0.3) is 0 Å². The molecule has 1 N–H and O–H groups in total. The first-order valence-electron chi connectivity index (χ1n) is 8.09. The van der Waals surface area contributed by atoms with Crippen LogP contribution in [0.3, 0.4) is 0 Å². The second kappa shape index (κ2) is 6.96. The highest BCUT2D eigenvalue weighted by Gasteiger charge is 2.37. The minimum absolute atomic E-state index is 0.332. The zero-order valence-corrected chi connectivity index (χ0v) is 17.3. The van der Waals surface area contributed by atoms with Gasteiger partial charge in [0, 0.05) is 22.0 Å². The van der Waals surface area contributed by atoms with Crippen molar-refractivity contribution in [1.82, 2.24) is 14.5 Å². The highest BCUT2D eigenvalue weighted by atomic mass is 32.2. The zero-order valence-electron chi connectivity index (χ0n) is 14.8. The van der Waals surface area contributed by atoms with Crippen molar-refractivity contribution in [3.63, 3.8) is 0 Å². The molecule has 0 amide bonds. The molecule has 0 aliphatic carbocycles. The predicted octanol–water partition coefficient (Wildman–Crippen LogP) is 4.28. The van der Waals surface area contributed by atoms with E-state index in [1.165, 1.54) is 0 Å². The number of nitrogens with zero attached hydrogens (tertiary/aromatic N) is 2. The minimum Gasteiger partial charge on any atom is -0.598 e. The Labute approximate surface area is 161 Å². The van der Waals surface area contributed by atoms with Crippen LogP contribution in [0.15, 0.2) is 42.6 Å². The monoisotopic (exact) mass is 393 g/mol. The van der Waals surface area contributed by atoms with Gasteiger partial charge >= 0.3 is 0 Å². The molecule has 2 heterocycles. The third-order valence-electron chi connectivity index (χ3n) is 3.99. The quantitative estimate of drug-likeness (QED) is 0.502. The van der Waals surface area contributed by atoms with Crippen LogP contribution in [0.1, 0.15) is 32.6 Å². The lowest BCUT2D eigenvalue weighted by atomic mass is 10.1. The topological polar surface area (TPSA) is 52.9 Å². The number of benzene rings is 1. The number of aromatic nitrogens is 2. The fourth-order valence-corrected chi connectivity index (χ4v) is 4.92. The van der Waals surface area contributed by atoms with Gasteiger partial charge in [0.2, 0.25) is 0 Å². The molecule has 0 bridgehead atoms. The molecule has 25 heavy (non-hydrogen) atoms. The molecule has 0 radical (unpaired) electrons. The maximum atomic E-state index is 12.6. The lowest BCUT2D eigenvalue weighted by molar-refractivity contribution is 0.470. The van der Waals surface area contributed by atoms with Crippen molar-refractivity contribution < 1.29 is 4.55 Å². The van der Waals surface area contributed by atoms with Crippen LogP contribution in [0.4, 0.5) is 0 Å². The summed E-state index contributed by atoms with van der Waals surface area (Å²) in [5.41, 5.74) is 1.62. The van der Waals surface area contributed by atoms with Crippen LogP contribution in [0.2, 0.25) is 0 Å². The van der Waals surface area contributed by atoms with E-state index in [1.807, 2.05) is 62.0 Å². The normalized spacial score (nSPS) is 16.1. The molecule has 3 aromatic rings. The lowest BCUT2D eigenvalue weighted by Gasteiger charge is -2.33. The number of hydrogen-bond donors (Lipinski definition) is 2. The third kappa shape index (κ3) is 3.75. The summed E-state index contributed by atoms with van der Waals surface area (Å²) in [4.78, 5) is 1.11. The van der Waals surface area contributed by atoms with Crippen molar-refractivity contribution in [2.75, 3.05) is 5.75 Å². The van der Waals surface area contributed by atoms with Crippen molar-refractivity contribution in [1.29, 1.82) is 0 Å². The van der Waals surface area contributed by atoms with Crippen LogP contribution < -0.4 is 4.72 Å². The van der Waals surface area contributed by atoms with E-state index in [0.717, 1.165) is 20.8 Å². The van der Waals surface area contributed by atoms with Crippen LogP contribution in [0, 0.1) is 0 Å². The van der Waals surface area contributed by atoms with Gasteiger partial charge in [-0.2, -0.15) is 17.7 Å². The molecule has 1 aromatic carbocycles. The van der Waals surface area contributed by atoms with Gasteiger partial charge in [-0.05, 0) is 45.9 Å². The number of nitrogens with one attached hydrogen (secondary N) is 1. The van der Waals surface area contributed by atoms with Crippen LogP contribution in [0.25, 0.3) is 15.9 Å². The highest BCUT2D eigenvalue weighted by molar-refractivity contribution is 7.90. The van der Waals surface area contributed by atoms with Gasteiger partial charge in [-0.25, -0.2) is 4.68 Å². The van der Waals surface area contributed by atoms with Crippen LogP contribution in [-0.2, 0) is 16.9 Å². The summed E-state index contributed by atoms with van der Waals surface area (Å²) in [6.07, 6.45) is 1.89. The molecule has 2 aromatic heterocycles. The van der Waals surface area contributed by atoms with Crippen LogP contribution >= 0.6 is 24.0 Å². The second-order valence-corrected chi connectivity index (χ2v) is 10.6. The maximum absolute atomic E-state index is 12.6. The van der Waals surface area contributed by atoms with Gasteiger partial charge < -0.3 is 4.55 Å². The van der Waals surface area contributed by atoms with Crippen molar-refractivity contribution >= 4 is 45.5 Å². The molecule has 7 heteroatoms. The molecule has 0 aliphatic heterocycles. The van der Waals surface area contributed by atoms with E-state index in [2.05, 4.69) is 35.4 Å². The summed E-state index contributed by atoms with van der Waals surface area (Å²) in [6.45, 7) is 7.95.